The zero-order valence-corrected chi connectivity index (χ0v) is 12.5. The maximum Gasteiger partial charge on any atom is 0.305 e. The Hall–Kier alpha value is -0.790. The number of carbonyl (C=O) groups is 1. The Labute approximate surface area is 118 Å². The van der Waals surface area contributed by atoms with Gasteiger partial charge in [-0.2, -0.15) is 0 Å². The van der Waals surface area contributed by atoms with Crippen LogP contribution < -0.4 is 0 Å². The van der Waals surface area contributed by atoms with Crippen LogP contribution >= 0.6 is 0 Å². The van der Waals surface area contributed by atoms with Crippen LogP contribution in [-0.4, -0.2) is 13.1 Å². The predicted molar refractivity (Wildman–Crippen MR) is 80.1 cm³/mol. The minimum absolute atomic E-state index is 0.0686. The van der Waals surface area contributed by atoms with E-state index in [1.165, 1.54) is 71.3 Å². The summed E-state index contributed by atoms with van der Waals surface area (Å²) in [4.78, 5) is 10.9. The van der Waals surface area contributed by atoms with Crippen LogP contribution in [0.5, 0.6) is 0 Å². The topological polar surface area (TPSA) is 26.3 Å². The molecule has 0 spiro atoms. The number of methoxy groups -OCH3 is 1. The number of ether oxygens (including phenoxy) is 1. The maximum atomic E-state index is 10.9. The van der Waals surface area contributed by atoms with Crippen molar-refractivity contribution in [1.82, 2.24) is 0 Å². The summed E-state index contributed by atoms with van der Waals surface area (Å²) >= 11 is 0. The van der Waals surface area contributed by atoms with Crippen molar-refractivity contribution in [2.75, 3.05) is 7.11 Å². The molecule has 0 radical (unpaired) electrons. The van der Waals surface area contributed by atoms with Gasteiger partial charge in [0.2, 0.25) is 0 Å². The average Bonchev–Trinajstić information content (AvgIpc) is 2.93. The van der Waals surface area contributed by atoms with Gasteiger partial charge in [0.05, 0.1) is 7.11 Å². The van der Waals surface area contributed by atoms with Crippen LogP contribution in [0.15, 0.2) is 12.2 Å². The first kappa shape index (κ1) is 16.3. The Bertz CT molecular complexity index is 258. The van der Waals surface area contributed by atoms with Crippen molar-refractivity contribution in [3.8, 4) is 0 Å². The second-order valence-corrected chi connectivity index (χ2v) is 5.71. The molecule has 0 heterocycles. The maximum absolute atomic E-state index is 10.9. The molecule has 0 aromatic carbocycles. The third kappa shape index (κ3) is 8.85. The molecule has 0 aromatic heterocycles. The number of rotatable bonds is 11. The minimum atomic E-state index is -0.0686. The van der Waals surface area contributed by atoms with Crippen molar-refractivity contribution in [2.45, 2.75) is 77.0 Å². The van der Waals surface area contributed by atoms with Crippen molar-refractivity contribution in [3.63, 3.8) is 0 Å². The summed E-state index contributed by atoms with van der Waals surface area (Å²) in [5.41, 5.74) is 0. The van der Waals surface area contributed by atoms with Gasteiger partial charge in [0, 0.05) is 6.42 Å². The van der Waals surface area contributed by atoms with Gasteiger partial charge in [0.1, 0.15) is 0 Å². The van der Waals surface area contributed by atoms with Crippen LogP contribution in [0.2, 0.25) is 0 Å². The molecule has 0 saturated carbocycles. The predicted octanol–water partition coefficient (Wildman–Crippen LogP) is 5.03. The highest BCUT2D eigenvalue weighted by Gasteiger charge is 2.07. The molecule has 19 heavy (non-hydrogen) atoms. The highest BCUT2D eigenvalue weighted by Crippen LogP contribution is 2.23. The van der Waals surface area contributed by atoms with Crippen molar-refractivity contribution < 1.29 is 9.53 Å². The van der Waals surface area contributed by atoms with Crippen molar-refractivity contribution in [1.29, 1.82) is 0 Å². The first-order valence-electron chi connectivity index (χ1n) is 8.06. The first-order valence-corrected chi connectivity index (χ1v) is 8.06. The molecule has 1 atom stereocenters. The van der Waals surface area contributed by atoms with Crippen molar-refractivity contribution >= 4 is 5.97 Å². The van der Waals surface area contributed by atoms with E-state index >= 15 is 0 Å². The van der Waals surface area contributed by atoms with Crippen LogP contribution in [0.4, 0.5) is 0 Å². The number of unbranched alkanes of at least 4 members (excludes halogenated alkanes) is 7. The Morgan fingerprint density at radius 3 is 2.26 bits per heavy atom. The van der Waals surface area contributed by atoms with Crippen molar-refractivity contribution in [2.24, 2.45) is 5.92 Å². The van der Waals surface area contributed by atoms with Gasteiger partial charge < -0.3 is 4.74 Å². The van der Waals surface area contributed by atoms with E-state index in [1.807, 2.05) is 0 Å². The Morgan fingerprint density at radius 2 is 1.68 bits per heavy atom. The van der Waals surface area contributed by atoms with Gasteiger partial charge in [-0.15, -0.1) is 0 Å². The van der Waals surface area contributed by atoms with Gasteiger partial charge in [0.15, 0.2) is 0 Å². The van der Waals surface area contributed by atoms with Gasteiger partial charge in [-0.05, 0) is 31.6 Å². The molecule has 1 rings (SSSR count). The molecule has 0 amide bonds. The Kier molecular flexibility index (Phi) is 9.48. The van der Waals surface area contributed by atoms with Crippen LogP contribution in [0.3, 0.4) is 0 Å². The number of esters is 1. The van der Waals surface area contributed by atoms with E-state index in [0.29, 0.717) is 6.42 Å². The minimum Gasteiger partial charge on any atom is -0.469 e. The quantitative estimate of drug-likeness (QED) is 0.298. The molecule has 0 aliphatic heterocycles. The molecule has 2 heteroatoms. The number of carbonyl (C=O) groups excluding carboxylic acids is 1. The number of hydrogen-bond acceptors (Lipinski definition) is 2. The molecule has 110 valence electrons. The summed E-state index contributed by atoms with van der Waals surface area (Å²) in [6.07, 6.45) is 19.7. The lowest BCUT2D eigenvalue weighted by Gasteiger charge is -2.06. The van der Waals surface area contributed by atoms with E-state index in [4.69, 9.17) is 0 Å². The van der Waals surface area contributed by atoms with E-state index in [-0.39, 0.29) is 5.97 Å². The monoisotopic (exact) mass is 266 g/mol. The molecule has 1 aliphatic rings. The molecule has 0 fully saturated rings. The van der Waals surface area contributed by atoms with Gasteiger partial charge >= 0.3 is 5.97 Å². The van der Waals surface area contributed by atoms with E-state index in [0.717, 1.165) is 12.3 Å². The summed E-state index contributed by atoms with van der Waals surface area (Å²) < 4.78 is 4.62. The summed E-state index contributed by atoms with van der Waals surface area (Å²) in [6.45, 7) is 0. The fraction of sp³-hybridized carbons (Fsp3) is 0.824. The number of hydrogen-bond donors (Lipinski definition) is 0. The molecule has 0 N–H and O–H groups in total. The SMILES string of the molecule is COC(=O)CCCCCCCCCC[C@H]1C=CCC1. The fourth-order valence-electron chi connectivity index (χ4n) is 2.77. The third-order valence-electron chi connectivity index (χ3n) is 4.05. The van der Waals surface area contributed by atoms with E-state index in [9.17, 15) is 4.79 Å². The van der Waals surface area contributed by atoms with Crippen LogP contribution in [-0.2, 0) is 9.53 Å². The van der Waals surface area contributed by atoms with E-state index in [1.54, 1.807) is 0 Å². The average molecular weight is 266 g/mol. The summed E-state index contributed by atoms with van der Waals surface area (Å²) in [5, 5.41) is 0. The largest absolute Gasteiger partial charge is 0.469 e. The Balaban J connectivity index is 1.73. The summed E-state index contributed by atoms with van der Waals surface area (Å²) in [5.74, 6) is 0.819. The van der Waals surface area contributed by atoms with Crippen molar-refractivity contribution in [3.05, 3.63) is 12.2 Å². The fourth-order valence-corrected chi connectivity index (χ4v) is 2.77. The zero-order chi connectivity index (χ0) is 13.8. The molecular formula is C17H30O2. The molecule has 0 unspecified atom stereocenters. The lowest BCUT2D eigenvalue weighted by molar-refractivity contribution is -0.140. The van der Waals surface area contributed by atoms with Gasteiger partial charge in [0.25, 0.3) is 0 Å². The summed E-state index contributed by atoms with van der Waals surface area (Å²) in [6, 6.07) is 0. The lowest BCUT2D eigenvalue weighted by atomic mass is 9.99. The van der Waals surface area contributed by atoms with Crippen LogP contribution in [0.25, 0.3) is 0 Å². The standard InChI is InChI=1S/C17H30O2/c1-19-17(18)15-9-7-5-3-2-4-6-8-12-16-13-10-11-14-16/h10,13,16H,2-9,11-12,14-15H2,1H3/t16-/m0/s1. The highest BCUT2D eigenvalue weighted by atomic mass is 16.5. The molecule has 0 saturated heterocycles. The van der Waals surface area contributed by atoms with Gasteiger partial charge in [-0.3, -0.25) is 4.79 Å². The number of allylic oxidation sites excluding steroid dienone is 2. The molecule has 2 nitrogen and oxygen atoms in total. The second-order valence-electron chi connectivity index (χ2n) is 5.71. The third-order valence-corrected chi connectivity index (χ3v) is 4.05. The molecule has 0 bridgehead atoms. The normalized spacial score (nSPS) is 17.8. The summed E-state index contributed by atoms with van der Waals surface area (Å²) in [7, 11) is 1.46. The lowest BCUT2D eigenvalue weighted by Crippen LogP contribution is -1.99. The van der Waals surface area contributed by atoms with Crippen LogP contribution in [0.1, 0.15) is 77.0 Å². The Morgan fingerprint density at radius 1 is 1.05 bits per heavy atom. The van der Waals surface area contributed by atoms with E-state index in [2.05, 4.69) is 16.9 Å². The van der Waals surface area contributed by atoms with Gasteiger partial charge in [-0.25, -0.2) is 0 Å². The molecule has 0 aromatic rings. The van der Waals surface area contributed by atoms with Gasteiger partial charge in [-0.1, -0.05) is 57.1 Å². The second kappa shape index (κ2) is 11.1. The van der Waals surface area contributed by atoms with E-state index < -0.39 is 0 Å². The van der Waals surface area contributed by atoms with Crippen LogP contribution in [0, 0.1) is 5.92 Å². The smallest absolute Gasteiger partial charge is 0.305 e. The zero-order valence-electron chi connectivity index (χ0n) is 12.5. The molecule has 1 aliphatic carbocycles. The molecular weight excluding hydrogens is 236 g/mol. The first-order chi connectivity index (χ1) is 9.33. The highest BCUT2D eigenvalue weighted by molar-refractivity contribution is 5.68.